The first-order chi connectivity index (χ1) is 24.4. The van der Waals surface area contributed by atoms with Crippen LogP contribution in [0.4, 0.5) is 0 Å². The van der Waals surface area contributed by atoms with Gasteiger partial charge in [0.1, 0.15) is 5.58 Å². The number of hydrogen-bond acceptors (Lipinski definition) is 4. The second-order valence-corrected chi connectivity index (χ2v) is 11.9. The van der Waals surface area contributed by atoms with Crippen LogP contribution < -0.4 is 0 Å². The van der Waals surface area contributed by atoms with Crippen molar-refractivity contribution in [2.24, 2.45) is 0 Å². The predicted molar refractivity (Wildman–Crippen MR) is 198 cm³/mol. The molecule has 0 aliphatic carbocycles. The molecule has 0 fully saturated rings. The molecular weight excluding hydrogens is 793 g/mol. The summed E-state index contributed by atoms with van der Waals surface area (Å²) in [6.45, 7) is 3.77. The Hall–Kier alpha value is -5.68. The molecule has 50 heavy (non-hydrogen) atoms. The van der Waals surface area contributed by atoms with Crippen molar-refractivity contribution in [2.75, 3.05) is 0 Å². The van der Waals surface area contributed by atoms with Crippen molar-refractivity contribution in [1.29, 1.82) is 0 Å². The number of furan rings is 1. The van der Waals surface area contributed by atoms with Crippen molar-refractivity contribution in [3.05, 3.63) is 170 Å². The SMILES string of the molecule is [2H]C(C)(C)c1ccc2c(c1)oc1c(-c3nc4ncc(-c5ccccc5)cc4n3-c3ccccc3)[c-]ccc12.[Ir].[c-]1ccccc1-c1ccccn1. The molecule has 4 heterocycles. The van der Waals surface area contributed by atoms with Crippen LogP contribution in [0, 0.1) is 12.1 Å². The standard InChI is InChI=1S/C33H24N3O.C11H8N.Ir/c1-21(2)23-16-17-26-27-14-9-15-28(31(27)37-30(26)19-23)33-35-32-29(36(33)25-12-7-4-8-13-25)18-24(20-34-32)22-10-5-3-6-11-22;1-2-6-10(7-3-1)11-8-4-5-9-12-11;/h3-14,16-21H,1-2H3;1-6,8-9H;/q2*-1;/i21D;;. The number of pyridine rings is 2. The number of hydrogen-bond donors (Lipinski definition) is 0. The second-order valence-electron chi connectivity index (χ2n) is 11.9. The number of fused-ring (bicyclic) bond motifs is 4. The van der Waals surface area contributed by atoms with Crippen molar-refractivity contribution >= 4 is 33.1 Å². The average molecular weight is 826 g/mol. The first kappa shape index (κ1) is 31.6. The smallest absolute Gasteiger partial charge is 0.168 e. The first-order valence-electron chi connectivity index (χ1n) is 16.7. The van der Waals surface area contributed by atoms with Gasteiger partial charge in [0.25, 0.3) is 0 Å². The Morgan fingerprint density at radius 1 is 0.720 bits per heavy atom. The van der Waals surface area contributed by atoms with E-state index in [0.29, 0.717) is 5.65 Å². The summed E-state index contributed by atoms with van der Waals surface area (Å²) in [5, 5.41) is 2.00. The summed E-state index contributed by atoms with van der Waals surface area (Å²) >= 11 is 0. The molecule has 5 nitrogen and oxygen atoms in total. The van der Waals surface area contributed by atoms with E-state index in [-0.39, 0.29) is 20.1 Å². The zero-order valence-electron chi connectivity index (χ0n) is 28.5. The van der Waals surface area contributed by atoms with E-state index in [1.807, 2.05) is 129 Å². The van der Waals surface area contributed by atoms with Gasteiger partial charge in [0.2, 0.25) is 0 Å². The van der Waals surface area contributed by atoms with Crippen molar-refractivity contribution in [3.8, 4) is 39.5 Å². The molecule has 0 saturated carbocycles. The van der Waals surface area contributed by atoms with Crippen LogP contribution >= 0.6 is 0 Å². The number of aromatic nitrogens is 4. The van der Waals surface area contributed by atoms with E-state index < -0.39 is 5.89 Å². The van der Waals surface area contributed by atoms with Gasteiger partial charge in [-0.2, -0.15) is 0 Å². The Morgan fingerprint density at radius 3 is 2.24 bits per heavy atom. The maximum atomic E-state index is 8.46. The fourth-order valence-corrected chi connectivity index (χ4v) is 6.05. The Kier molecular flexibility index (Phi) is 9.11. The van der Waals surface area contributed by atoms with E-state index in [1.54, 1.807) is 6.20 Å². The van der Waals surface area contributed by atoms with E-state index in [1.165, 1.54) is 0 Å². The monoisotopic (exact) mass is 826 g/mol. The zero-order valence-corrected chi connectivity index (χ0v) is 29.9. The quantitative estimate of drug-likeness (QED) is 0.162. The Balaban J connectivity index is 0.000000265. The van der Waals surface area contributed by atoms with Gasteiger partial charge in [-0.1, -0.05) is 97.6 Å². The van der Waals surface area contributed by atoms with E-state index in [2.05, 4.69) is 52.0 Å². The Labute approximate surface area is 306 Å². The fourth-order valence-electron chi connectivity index (χ4n) is 6.05. The molecule has 0 N–H and O–H groups in total. The summed E-state index contributed by atoms with van der Waals surface area (Å²) in [5.74, 6) is 0.000506. The van der Waals surface area contributed by atoms with Crippen LogP contribution in [0.15, 0.2) is 156 Å². The van der Waals surface area contributed by atoms with Crippen LogP contribution in [-0.4, -0.2) is 19.5 Å². The summed E-state index contributed by atoms with van der Waals surface area (Å²) in [4.78, 5) is 14.0. The molecule has 0 spiro atoms. The molecule has 5 aromatic carbocycles. The molecule has 6 heteroatoms. The third kappa shape index (κ3) is 6.39. The molecule has 9 rings (SSSR count). The van der Waals surface area contributed by atoms with Crippen LogP contribution in [0.5, 0.6) is 0 Å². The van der Waals surface area contributed by atoms with Crippen LogP contribution in [0.2, 0.25) is 0 Å². The molecule has 245 valence electrons. The van der Waals surface area contributed by atoms with Crippen LogP contribution in [-0.2, 0) is 20.1 Å². The topological polar surface area (TPSA) is 56.7 Å². The Bertz CT molecular complexity index is 2530. The number of nitrogens with zero attached hydrogens (tertiary/aromatic N) is 4. The predicted octanol–water partition coefficient (Wildman–Crippen LogP) is 11.1. The summed E-state index contributed by atoms with van der Waals surface area (Å²) in [6, 6.07) is 52.8. The summed E-state index contributed by atoms with van der Waals surface area (Å²) in [5.41, 5.74) is 9.84. The van der Waals surface area contributed by atoms with Crippen LogP contribution in [0.1, 0.15) is 26.7 Å². The summed E-state index contributed by atoms with van der Waals surface area (Å²) < 4.78 is 17.1. The van der Waals surface area contributed by atoms with Crippen molar-refractivity contribution in [1.82, 2.24) is 19.5 Å². The molecule has 0 amide bonds. The molecule has 0 saturated heterocycles. The Morgan fingerprint density at radius 2 is 1.50 bits per heavy atom. The average Bonchev–Trinajstić information content (AvgIpc) is 3.74. The van der Waals surface area contributed by atoms with Crippen LogP contribution in [0.3, 0.4) is 0 Å². The summed E-state index contributed by atoms with van der Waals surface area (Å²) in [6.07, 6.45) is 3.66. The van der Waals surface area contributed by atoms with Gasteiger partial charge in [-0.25, -0.2) is 4.98 Å². The molecule has 0 bridgehead atoms. The van der Waals surface area contributed by atoms with Crippen molar-refractivity contribution in [3.63, 3.8) is 0 Å². The van der Waals surface area contributed by atoms with Gasteiger partial charge in [0.05, 0.1) is 16.9 Å². The van der Waals surface area contributed by atoms with E-state index in [4.69, 9.17) is 15.8 Å². The maximum absolute atomic E-state index is 8.46. The van der Waals surface area contributed by atoms with E-state index in [0.717, 1.165) is 72.5 Å². The normalized spacial score (nSPS) is 11.5. The van der Waals surface area contributed by atoms with Gasteiger partial charge in [-0.3, -0.25) is 4.98 Å². The van der Waals surface area contributed by atoms with E-state index in [9.17, 15) is 0 Å². The molecule has 0 unspecified atom stereocenters. The zero-order chi connectivity index (χ0) is 34.1. The maximum Gasteiger partial charge on any atom is 0.168 e. The number of para-hydroxylation sites is 1. The molecule has 0 atom stereocenters. The van der Waals surface area contributed by atoms with Gasteiger partial charge in [-0.05, 0) is 53.0 Å². The van der Waals surface area contributed by atoms with Gasteiger partial charge in [0, 0.05) is 50.5 Å². The van der Waals surface area contributed by atoms with Gasteiger partial charge >= 0.3 is 0 Å². The third-order valence-corrected chi connectivity index (χ3v) is 8.52. The third-order valence-electron chi connectivity index (χ3n) is 8.52. The molecule has 0 aliphatic rings. The summed E-state index contributed by atoms with van der Waals surface area (Å²) in [7, 11) is 0. The largest absolute Gasteiger partial charge is 0.501 e. The minimum Gasteiger partial charge on any atom is -0.501 e. The molecular formula is C44H32IrN4O-2. The van der Waals surface area contributed by atoms with Gasteiger partial charge in [0.15, 0.2) is 5.65 Å². The minimum atomic E-state index is -0.717. The van der Waals surface area contributed by atoms with Crippen LogP contribution in [0.25, 0.3) is 72.6 Å². The van der Waals surface area contributed by atoms with Gasteiger partial charge in [-0.15, -0.1) is 54.1 Å². The second kappa shape index (κ2) is 14.4. The van der Waals surface area contributed by atoms with Crippen molar-refractivity contribution in [2.45, 2.75) is 19.7 Å². The number of imidazole rings is 1. The molecule has 4 aromatic heterocycles. The molecule has 1 radical (unpaired) electrons. The number of benzene rings is 5. The van der Waals surface area contributed by atoms with Gasteiger partial charge < -0.3 is 14.0 Å². The van der Waals surface area contributed by atoms with Crippen molar-refractivity contribution < 1.29 is 25.9 Å². The molecule has 9 aromatic rings. The number of rotatable bonds is 5. The molecule has 0 aliphatic heterocycles. The van der Waals surface area contributed by atoms with E-state index >= 15 is 0 Å². The minimum absolute atomic E-state index is 0. The fraction of sp³-hybridized carbons (Fsp3) is 0.0682. The first-order valence-corrected chi connectivity index (χ1v) is 16.2.